The molecular formula is C17H27N3O3. The van der Waals surface area contributed by atoms with Gasteiger partial charge in [-0.1, -0.05) is 6.07 Å². The van der Waals surface area contributed by atoms with Crippen molar-refractivity contribution in [2.45, 2.75) is 33.2 Å². The SMILES string of the molecule is COc1ccc(C)cc1NC(=O)CN(C)CC(=O)NC(C)(C)C. The molecule has 0 aliphatic heterocycles. The van der Waals surface area contributed by atoms with E-state index in [0.717, 1.165) is 5.56 Å². The summed E-state index contributed by atoms with van der Waals surface area (Å²) in [6.45, 7) is 7.98. The van der Waals surface area contributed by atoms with Gasteiger partial charge in [-0.25, -0.2) is 0 Å². The van der Waals surface area contributed by atoms with E-state index < -0.39 is 0 Å². The molecule has 2 N–H and O–H groups in total. The predicted octanol–water partition coefficient (Wildman–Crippen LogP) is 1.79. The molecule has 128 valence electrons. The van der Waals surface area contributed by atoms with Crippen LogP contribution in [0, 0.1) is 6.92 Å². The zero-order chi connectivity index (χ0) is 17.6. The maximum absolute atomic E-state index is 12.1. The molecule has 0 saturated carbocycles. The molecule has 6 nitrogen and oxygen atoms in total. The summed E-state index contributed by atoms with van der Waals surface area (Å²) >= 11 is 0. The lowest BCUT2D eigenvalue weighted by Crippen LogP contribution is -2.46. The van der Waals surface area contributed by atoms with Gasteiger partial charge in [-0.2, -0.15) is 0 Å². The van der Waals surface area contributed by atoms with Crippen LogP contribution in [0.3, 0.4) is 0 Å². The summed E-state index contributed by atoms with van der Waals surface area (Å²) in [6, 6.07) is 5.58. The summed E-state index contributed by atoms with van der Waals surface area (Å²) in [5.74, 6) is 0.304. The standard InChI is InChI=1S/C17H27N3O3/c1-12-7-8-14(23-6)13(9-12)18-15(21)10-20(5)11-16(22)19-17(2,3)4/h7-9H,10-11H2,1-6H3,(H,18,21)(H,19,22). The number of nitrogens with one attached hydrogen (secondary N) is 2. The Hall–Kier alpha value is -2.08. The number of hydrogen-bond donors (Lipinski definition) is 2. The number of anilines is 1. The van der Waals surface area contributed by atoms with Gasteiger partial charge in [0.1, 0.15) is 5.75 Å². The Morgan fingerprint density at radius 3 is 2.35 bits per heavy atom. The van der Waals surface area contributed by atoms with Gasteiger partial charge in [-0.15, -0.1) is 0 Å². The molecule has 0 bridgehead atoms. The minimum Gasteiger partial charge on any atom is -0.495 e. The van der Waals surface area contributed by atoms with Crippen LogP contribution in [-0.2, 0) is 9.59 Å². The molecule has 6 heteroatoms. The Balaban J connectivity index is 2.56. The minimum absolute atomic E-state index is 0.110. The molecule has 0 heterocycles. The smallest absolute Gasteiger partial charge is 0.238 e. The second kappa shape index (κ2) is 7.97. The molecule has 0 atom stereocenters. The van der Waals surface area contributed by atoms with E-state index in [2.05, 4.69) is 10.6 Å². The molecule has 0 spiro atoms. The van der Waals surface area contributed by atoms with Crippen LogP contribution >= 0.6 is 0 Å². The van der Waals surface area contributed by atoms with Crippen LogP contribution in [0.15, 0.2) is 18.2 Å². The van der Waals surface area contributed by atoms with Crippen molar-refractivity contribution in [1.82, 2.24) is 10.2 Å². The highest BCUT2D eigenvalue weighted by atomic mass is 16.5. The number of likely N-dealkylation sites (N-methyl/N-ethyl adjacent to an activating group) is 1. The van der Waals surface area contributed by atoms with Crippen LogP contribution in [0.2, 0.25) is 0 Å². The number of carbonyl (C=O) groups is 2. The summed E-state index contributed by atoms with van der Waals surface area (Å²) in [5.41, 5.74) is 1.37. The predicted molar refractivity (Wildman–Crippen MR) is 91.8 cm³/mol. The number of benzene rings is 1. The lowest BCUT2D eigenvalue weighted by atomic mass is 10.1. The number of carbonyl (C=O) groups excluding carboxylic acids is 2. The van der Waals surface area contributed by atoms with Crippen LogP contribution in [0.4, 0.5) is 5.69 Å². The summed E-state index contributed by atoms with van der Waals surface area (Å²) in [5, 5.41) is 5.68. The van der Waals surface area contributed by atoms with E-state index in [4.69, 9.17) is 4.74 Å². The van der Waals surface area contributed by atoms with E-state index in [9.17, 15) is 9.59 Å². The summed E-state index contributed by atoms with van der Waals surface area (Å²) in [7, 11) is 3.29. The number of amides is 2. The molecule has 1 rings (SSSR count). The maximum Gasteiger partial charge on any atom is 0.238 e. The fourth-order valence-corrected chi connectivity index (χ4v) is 2.11. The summed E-state index contributed by atoms with van der Waals surface area (Å²) in [6.07, 6.45) is 0. The first kappa shape index (κ1) is 19.0. The minimum atomic E-state index is -0.283. The Labute approximate surface area is 138 Å². The van der Waals surface area contributed by atoms with Crippen LogP contribution in [0.5, 0.6) is 5.75 Å². The zero-order valence-corrected chi connectivity index (χ0v) is 14.8. The molecule has 0 aromatic heterocycles. The first-order valence-electron chi connectivity index (χ1n) is 7.55. The lowest BCUT2D eigenvalue weighted by Gasteiger charge is -2.23. The third kappa shape index (κ3) is 7.15. The van der Waals surface area contributed by atoms with E-state index in [1.807, 2.05) is 45.9 Å². The zero-order valence-electron chi connectivity index (χ0n) is 14.8. The molecule has 1 aromatic rings. The van der Waals surface area contributed by atoms with Gasteiger partial charge >= 0.3 is 0 Å². The third-order valence-corrected chi connectivity index (χ3v) is 2.97. The Morgan fingerprint density at radius 1 is 1.17 bits per heavy atom. The third-order valence-electron chi connectivity index (χ3n) is 2.97. The van der Waals surface area contributed by atoms with Gasteiger partial charge < -0.3 is 15.4 Å². The van der Waals surface area contributed by atoms with Gasteiger partial charge in [-0.05, 0) is 52.4 Å². The molecule has 1 aromatic carbocycles. The van der Waals surface area contributed by atoms with Crippen LogP contribution in [-0.4, -0.2) is 49.5 Å². The van der Waals surface area contributed by atoms with E-state index in [-0.39, 0.29) is 30.4 Å². The highest BCUT2D eigenvalue weighted by Crippen LogP contribution is 2.24. The van der Waals surface area contributed by atoms with Crippen molar-refractivity contribution < 1.29 is 14.3 Å². The highest BCUT2D eigenvalue weighted by Gasteiger charge is 2.17. The summed E-state index contributed by atoms with van der Waals surface area (Å²) < 4.78 is 5.23. The van der Waals surface area contributed by atoms with Crippen molar-refractivity contribution in [3.8, 4) is 5.75 Å². The lowest BCUT2D eigenvalue weighted by molar-refractivity contribution is -0.124. The quantitative estimate of drug-likeness (QED) is 0.838. The maximum atomic E-state index is 12.1. The molecule has 0 fully saturated rings. The average molecular weight is 321 g/mol. The van der Waals surface area contributed by atoms with Crippen LogP contribution in [0.1, 0.15) is 26.3 Å². The van der Waals surface area contributed by atoms with Crippen LogP contribution in [0.25, 0.3) is 0 Å². The highest BCUT2D eigenvalue weighted by molar-refractivity contribution is 5.94. The molecule has 0 unspecified atom stereocenters. The van der Waals surface area contributed by atoms with Gasteiger partial charge in [0.05, 0.1) is 25.9 Å². The monoisotopic (exact) mass is 321 g/mol. The van der Waals surface area contributed by atoms with Crippen molar-refractivity contribution in [3.63, 3.8) is 0 Å². The topological polar surface area (TPSA) is 70.7 Å². The fraction of sp³-hybridized carbons (Fsp3) is 0.529. The van der Waals surface area contributed by atoms with E-state index in [0.29, 0.717) is 11.4 Å². The normalized spacial score (nSPS) is 11.3. The number of ether oxygens (including phenoxy) is 1. The average Bonchev–Trinajstić information content (AvgIpc) is 2.35. The second-order valence-electron chi connectivity index (χ2n) is 6.72. The van der Waals surface area contributed by atoms with Crippen molar-refractivity contribution in [2.75, 3.05) is 32.6 Å². The molecule has 0 aliphatic rings. The molecule has 0 saturated heterocycles. The van der Waals surface area contributed by atoms with Gasteiger partial charge in [0.25, 0.3) is 0 Å². The number of nitrogens with zero attached hydrogens (tertiary/aromatic N) is 1. The van der Waals surface area contributed by atoms with Crippen molar-refractivity contribution in [1.29, 1.82) is 0 Å². The van der Waals surface area contributed by atoms with Gasteiger partial charge in [0.2, 0.25) is 11.8 Å². The Kier molecular flexibility index (Phi) is 6.57. The molecule has 0 radical (unpaired) electrons. The van der Waals surface area contributed by atoms with Gasteiger partial charge in [0.15, 0.2) is 0 Å². The number of rotatable bonds is 6. The first-order chi connectivity index (χ1) is 10.6. The van der Waals surface area contributed by atoms with Crippen LogP contribution < -0.4 is 15.4 Å². The second-order valence-corrected chi connectivity index (χ2v) is 6.72. The molecule has 23 heavy (non-hydrogen) atoms. The molecular weight excluding hydrogens is 294 g/mol. The van der Waals surface area contributed by atoms with Gasteiger partial charge in [0, 0.05) is 5.54 Å². The van der Waals surface area contributed by atoms with E-state index >= 15 is 0 Å². The first-order valence-corrected chi connectivity index (χ1v) is 7.55. The Morgan fingerprint density at radius 2 is 1.78 bits per heavy atom. The number of aryl methyl sites for hydroxylation is 1. The number of methoxy groups -OCH3 is 1. The number of hydrogen-bond acceptors (Lipinski definition) is 4. The van der Waals surface area contributed by atoms with Crippen molar-refractivity contribution >= 4 is 17.5 Å². The van der Waals surface area contributed by atoms with Crippen molar-refractivity contribution in [3.05, 3.63) is 23.8 Å². The molecule has 2 amide bonds. The van der Waals surface area contributed by atoms with E-state index in [1.54, 1.807) is 19.1 Å². The largest absolute Gasteiger partial charge is 0.495 e. The Bertz CT molecular complexity index is 565. The summed E-state index contributed by atoms with van der Waals surface area (Å²) in [4.78, 5) is 25.6. The van der Waals surface area contributed by atoms with Gasteiger partial charge in [-0.3, -0.25) is 14.5 Å². The van der Waals surface area contributed by atoms with Crippen molar-refractivity contribution in [2.24, 2.45) is 0 Å². The van der Waals surface area contributed by atoms with E-state index in [1.165, 1.54) is 0 Å². The molecule has 0 aliphatic carbocycles. The fourth-order valence-electron chi connectivity index (χ4n) is 2.11.